The van der Waals surface area contributed by atoms with Crippen molar-refractivity contribution in [1.82, 2.24) is 14.9 Å². The second-order valence-electron chi connectivity index (χ2n) is 7.65. The van der Waals surface area contributed by atoms with Crippen molar-refractivity contribution < 1.29 is 9.72 Å². The van der Waals surface area contributed by atoms with Gasteiger partial charge in [-0.1, -0.05) is 62.9 Å². The van der Waals surface area contributed by atoms with Crippen molar-refractivity contribution in [2.45, 2.75) is 31.3 Å². The van der Waals surface area contributed by atoms with Crippen LogP contribution in [0.2, 0.25) is 0 Å². The molecular weight excluding hydrogens is 404 g/mol. The lowest BCUT2D eigenvalue weighted by molar-refractivity contribution is -0.384. The van der Waals surface area contributed by atoms with Gasteiger partial charge in [0.25, 0.3) is 5.69 Å². The highest BCUT2D eigenvalue weighted by Gasteiger charge is 2.17. The molecule has 0 saturated carbocycles. The minimum Gasteiger partial charge on any atom is -0.335 e. The average molecular weight is 427 g/mol. The molecule has 1 heterocycles. The fourth-order valence-corrected chi connectivity index (χ4v) is 3.37. The van der Waals surface area contributed by atoms with Gasteiger partial charge in [0, 0.05) is 23.4 Å². The zero-order chi connectivity index (χ0) is 21.9. The molecule has 3 rings (SSSR count). The molecular formula is C20H22N6O3S. The van der Waals surface area contributed by atoms with E-state index < -0.39 is 4.92 Å². The molecule has 9 nitrogen and oxygen atoms in total. The number of carbonyl (C=O) groups excluding carboxylic acids is 1. The van der Waals surface area contributed by atoms with Crippen LogP contribution < -0.4 is 11.2 Å². The Balaban J connectivity index is 1.64. The number of non-ortho nitro benzene ring substituents is 1. The molecule has 0 aliphatic carbocycles. The summed E-state index contributed by atoms with van der Waals surface area (Å²) in [5.41, 5.74) is 2.32. The van der Waals surface area contributed by atoms with Gasteiger partial charge in [0.15, 0.2) is 5.82 Å². The largest absolute Gasteiger partial charge is 0.335 e. The van der Waals surface area contributed by atoms with Gasteiger partial charge in [-0.3, -0.25) is 14.9 Å². The molecule has 3 aromatic rings. The van der Waals surface area contributed by atoms with E-state index in [2.05, 4.69) is 36.3 Å². The topological polar surface area (TPSA) is 129 Å². The SMILES string of the molecule is CC(C)(C)c1ccc(-c2nnc(SCC(=O)Nc3cccc([N+](=O)[O-])c3)n2N)cc1. The van der Waals surface area contributed by atoms with Crippen molar-refractivity contribution >= 4 is 29.0 Å². The van der Waals surface area contributed by atoms with Crippen LogP contribution in [-0.2, 0) is 10.2 Å². The smallest absolute Gasteiger partial charge is 0.271 e. The third-order valence-corrected chi connectivity index (χ3v) is 5.29. The minimum absolute atomic E-state index is 0.0288. The highest BCUT2D eigenvalue weighted by atomic mass is 32.2. The lowest BCUT2D eigenvalue weighted by Gasteiger charge is -2.19. The first-order valence-corrected chi connectivity index (χ1v) is 10.1. The minimum atomic E-state index is -0.517. The van der Waals surface area contributed by atoms with Gasteiger partial charge in [-0.05, 0) is 17.0 Å². The monoisotopic (exact) mass is 426 g/mol. The van der Waals surface area contributed by atoms with Gasteiger partial charge >= 0.3 is 0 Å². The number of rotatable bonds is 6. The maximum absolute atomic E-state index is 12.2. The number of amides is 1. The molecule has 0 bridgehead atoms. The molecule has 0 saturated heterocycles. The zero-order valence-corrected chi connectivity index (χ0v) is 17.6. The number of nitrogens with two attached hydrogens (primary N) is 1. The van der Waals surface area contributed by atoms with Crippen molar-refractivity contribution in [3.05, 3.63) is 64.2 Å². The summed E-state index contributed by atoms with van der Waals surface area (Å²) >= 11 is 1.13. The van der Waals surface area contributed by atoms with Gasteiger partial charge in [0.1, 0.15) is 0 Å². The predicted molar refractivity (Wildman–Crippen MR) is 117 cm³/mol. The number of carbonyl (C=O) groups is 1. The number of nitrogens with one attached hydrogen (secondary N) is 1. The maximum Gasteiger partial charge on any atom is 0.271 e. The van der Waals surface area contributed by atoms with Gasteiger partial charge in [-0.25, -0.2) is 4.68 Å². The summed E-state index contributed by atoms with van der Waals surface area (Å²) in [5, 5.41) is 22.0. The highest BCUT2D eigenvalue weighted by molar-refractivity contribution is 7.99. The first-order valence-electron chi connectivity index (χ1n) is 9.13. The van der Waals surface area contributed by atoms with Gasteiger partial charge in [0.2, 0.25) is 11.1 Å². The Kier molecular flexibility index (Phi) is 6.06. The van der Waals surface area contributed by atoms with Crippen LogP contribution in [0.3, 0.4) is 0 Å². The van der Waals surface area contributed by atoms with Crippen molar-refractivity contribution in [3.63, 3.8) is 0 Å². The molecule has 0 fully saturated rings. The number of nitro benzene ring substituents is 1. The Hall–Kier alpha value is -3.40. The third kappa shape index (κ3) is 4.95. The number of aromatic nitrogens is 3. The van der Waals surface area contributed by atoms with Crippen molar-refractivity contribution in [2.75, 3.05) is 16.9 Å². The van der Waals surface area contributed by atoms with E-state index in [9.17, 15) is 14.9 Å². The molecule has 2 aromatic carbocycles. The second kappa shape index (κ2) is 8.54. The lowest BCUT2D eigenvalue weighted by Crippen LogP contribution is -2.16. The van der Waals surface area contributed by atoms with Crippen molar-refractivity contribution in [1.29, 1.82) is 0 Å². The number of nitro groups is 1. The molecule has 1 amide bonds. The third-order valence-electron chi connectivity index (χ3n) is 4.35. The Morgan fingerprint density at radius 2 is 1.90 bits per heavy atom. The normalized spacial score (nSPS) is 11.3. The Morgan fingerprint density at radius 3 is 2.53 bits per heavy atom. The average Bonchev–Trinajstić information content (AvgIpc) is 3.06. The molecule has 10 heteroatoms. The Bertz CT molecular complexity index is 1070. The van der Waals surface area contributed by atoms with E-state index in [4.69, 9.17) is 5.84 Å². The number of benzene rings is 2. The quantitative estimate of drug-likeness (QED) is 0.267. The maximum atomic E-state index is 12.2. The van der Waals surface area contributed by atoms with Gasteiger partial charge in [-0.15, -0.1) is 10.2 Å². The number of nitrogens with zero attached hydrogens (tertiary/aromatic N) is 4. The number of thioether (sulfide) groups is 1. The van der Waals surface area contributed by atoms with Crippen LogP contribution in [0.25, 0.3) is 11.4 Å². The number of nitrogen functional groups attached to an aromatic ring is 1. The van der Waals surface area contributed by atoms with Crippen LogP contribution in [0.1, 0.15) is 26.3 Å². The standard InChI is InChI=1S/C20H22N6O3S/c1-20(2,3)14-9-7-13(8-10-14)18-23-24-19(25(18)21)30-12-17(27)22-15-5-4-6-16(11-15)26(28)29/h4-11H,12,21H2,1-3H3,(H,22,27). The summed E-state index contributed by atoms with van der Waals surface area (Å²) in [5.74, 6) is 6.31. The fraction of sp³-hybridized carbons (Fsp3) is 0.250. The van der Waals surface area contributed by atoms with E-state index in [-0.39, 0.29) is 22.8 Å². The van der Waals surface area contributed by atoms with E-state index in [0.29, 0.717) is 16.7 Å². The molecule has 0 aliphatic heterocycles. The summed E-state index contributed by atoms with van der Waals surface area (Å²) in [6, 6.07) is 13.7. The van der Waals surface area contributed by atoms with E-state index in [1.54, 1.807) is 6.07 Å². The number of hydrogen-bond donors (Lipinski definition) is 2. The number of hydrogen-bond acceptors (Lipinski definition) is 7. The molecule has 156 valence electrons. The predicted octanol–water partition coefficient (Wildman–Crippen LogP) is 3.60. The van der Waals surface area contributed by atoms with Gasteiger partial charge < -0.3 is 11.2 Å². The number of anilines is 1. The van der Waals surface area contributed by atoms with Crippen molar-refractivity contribution in [3.8, 4) is 11.4 Å². The van der Waals surface area contributed by atoms with Gasteiger partial charge in [0.05, 0.1) is 10.7 Å². The fourth-order valence-electron chi connectivity index (χ4n) is 2.72. The summed E-state index contributed by atoms with van der Waals surface area (Å²) in [6.07, 6.45) is 0. The molecule has 0 unspecified atom stereocenters. The molecule has 0 radical (unpaired) electrons. The van der Waals surface area contributed by atoms with E-state index in [0.717, 1.165) is 17.3 Å². The summed E-state index contributed by atoms with van der Waals surface area (Å²) in [7, 11) is 0. The van der Waals surface area contributed by atoms with E-state index >= 15 is 0 Å². The van der Waals surface area contributed by atoms with E-state index in [1.165, 1.54) is 28.4 Å². The zero-order valence-electron chi connectivity index (χ0n) is 16.8. The second-order valence-corrected chi connectivity index (χ2v) is 8.59. The van der Waals surface area contributed by atoms with Crippen LogP contribution in [0.5, 0.6) is 0 Å². The molecule has 0 aliphatic rings. The van der Waals surface area contributed by atoms with Crippen LogP contribution >= 0.6 is 11.8 Å². The molecule has 30 heavy (non-hydrogen) atoms. The Labute approximate surface area is 177 Å². The first kappa shape index (κ1) is 21.3. The van der Waals surface area contributed by atoms with Crippen LogP contribution in [0.4, 0.5) is 11.4 Å². The summed E-state index contributed by atoms with van der Waals surface area (Å²) in [6.45, 7) is 6.42. The van der Waals surface area contributed by atoms with Crippen molar-refractivity contribution in [2.24, 2.45) is 0 Å². The van der Waals surface area contributed by atoms with E-state index in [1.807, 2.05) is 24.3 Å². The summed E-state index contributed by atoms with van der Waals surface area (Å²) < 4.78 is 1.34. The molecule has 0 atom stereocenters. The molecule has 0 spiro atoms. The highest BCUT2D eigenvalue weighted by Crippen LogP contribution is 2.26. The lowest BCUT2D eigenvalue weighted by atomic mass is 9.87. The molecule has 1 aromatic heterocycles. The van der Waals surface area contributed by atoms with Gasteiger partial charge in [-0.2, -0.15) is 0 Å². The summed E-state index contributed by atoms with van der Waals surface area (Å²) in [4.78, 5) is 22.5. The van der Waals surface area contributed by atoms with Crippen LogP contribution in [0, 0.1) is 10.1 Å². The first-order chi connectivity index (χ1) is 14.1. The molecule has 3 N–H and O–H groups in total. The Morgan fingerprint density at radius 1 is 1.20 bits per heavy atom. The van der Waals surface area contributed by atoms with Crippen LogP contribution in [0.15, 0.2) is 53.7 Å². The van der Waals surface area contributed by atoms with Crippen LogP contribution in [-0.4, -0.2) is 31.5 Å².